The number of nitrogens with two attached hydrogens (primary N) is 2. The molecular weight excluding hydrogens is 316 g/mol. The zero-order valence-corrected chi connectivity index (χ0v) is 11.9. The average molecular weight is 332 g/mol. The van der Waals surface area contributed by atoms with Gasteiger partial charge >= 0.3 is 11.9 Å². The number of carboxylic acids is 2. The molecule has 6 N–H and O–H groups in total. The lowest BCUT2D eigenvalue weighted by atomic mass is 9.98. The Morgan fingerprint density at radius 2 is 1.05 bits per heavy atom. The largest absolute Gasteiger partial charge is 0.481 e. The molecule has 2 atom stereocenters. The Morgan fingerprint density at radius 1 is 0.800 bits per heavy atom. The van der Waals surface area contributed by atoms with E-state index in [1.807, 2.05) is 0 Å². The molecule has 118 valence electrons. The van der Waals surface area contributed by atoms with Gasteiger partial charge < -0.3 is 10.2 Å². The summed E-state index contributed by atoms with van der Waals surface area (Å²) in [6.07, 6.45) is -0.698. The Bertz CT molecular complexity index is 515. The number of carboxylic acid groups (broad SMARTS) is 2. The van der Waals surface area contributed by atoms with Gasteiger partial charge in [0.25, 0.3) is 0 Å². The SMILES string of the molecule is NS(=O)(=O)CC(CCC(CS(N)(=O)=O)C(=O)O)C(=O)O. The van der Waals surface area contributed by atoms with E-state index in [1.54, 1.807) is 0 Å². The first-order valence-corrected chi connectivity index (χ1v) is 8.71. The fourth-order valence-electron chi connectivity index (χ4n) is 1.52. The maximum atomic E-state index is 10.8. The summed E-state index contributed by atoms with van der Waals surface area (Å²) in [6.45, 7) is 0. The van der Waals surface area contributed by atoms with Crippen molar-refractivity contribution < 1.29 is 36.6 Å². The predicted molar refractivity (Wildman–Crippen MR) is 67.4 cm³/mol. The van der Waals surface area contributed by atoms with Gasteiger partial charge in [0.1, 0.15) is 0 Å². The number of hydrogen-bond acceptors (Lipinski definition) is 6. The molecule has 0 aliphatic carbocycles. The van der Waals surface area contributed by atoms with Crippen molar-refractivity contribution >= 4 is 32.0 Å². The van der Waals surface area contributed by atoms with Gasteiger partial charge in [-0.2, -0.15) is 0 Å². The third-order valence-corrected chi connectivity index (χ3v) is 4.16. The number of hydrogen-bond donors (Lipinski definition) is 4. The summed E-state index contributed by atoms with van der Waals surface area (Å²) in [7, 11) is -8.09. The molecule has 0 saturated carbocycles. The van der Waals surface area contributed by atoms with E-state index in [0.717, 1.165) is 0 Å². The van der Waals surface area contributed by atoms with Gasteiger partial charge in [0.2, 0.25) is 20.0 Å². The van der Waals surface area contributed by atoms with Crippen LogP contribution in [0.25, 0.3) is 0 Å². The van der Waals surface area contributed by atoms with Gasteiger partial charge in [-0.3, -0.25) is 9.59 Å². The topological polar surface area (TPSA) is 195 Å². The Balaban J connectivity index is 4.81. The Morgan fingerprint density at radius 3 is 1.20 bits per heavy atom. The molecule has 0 aliphatic rings. The summed E-state index contributed by atoms with van der Waals surface area (Å²) >= 11 is 0. The van der Waals surface area contributed by atoms with Crippen LogP contribution in [-0.2, 0) is 29.6 Å². The molecule has 0 radical (unpaired) electrons. The number of sulfonamides is 2. The van der Waals surface area contributed by atoms with Crippen molar-refractivity contribution in [2.24, 2.45) is 22.1 Å². The van der Waals surface area contributed by atoms with Gasteiger partial charge in [0.15, 0.2) is 0 Å². The van der Waals surface area contributed by atoms with Crippen LogP contribution in [-0.4, -0.2) is 50.5 Å². The minimum atomic E-state index is -4.04. The van der Waals surface area contributed by atoms with E-state index < -0.39 is 55.3 Å². The quantitative estimate of drug-likeness (QED) is 0.363. The molecule has 0 aromatic heterocycles. The summed E-state index contributed by atoms with van der Waals surface area (Å²) in [5, 5.41) is 27.1. The van der Waals surface area contributed by atoms with Crippen LogP contribution in [0.1, 0.15) is 12.8 Å². The van der Waals surface area contributed by atoms with Crippen molar-refractivity contribution in [2.75, 3.05) is 11.5 Å². The number of rotatable bonds is 9. The van der Waals surface area contributed by atoms with Crippen LogP contribution in [0.4, 0.5) is 0 Å². The zero-order chi connectivity index (χ0) is 16.1. The van der Waals surface area contributed by atoms with E-state index >= 15 is 0 Å². The van der Waals surface area contributed by atoms with Gasteiger partial charge in [-0.15, -0.1) is 0 Å². The Hall–Kier alpha value is -1.24. The summed E-state index contributed by atoms with van der Waals surface area (Å²) in [5.41, 5.74) is 0. The molecule has 0 amide bonds. The first kappa shape index (κ1) is 18.8. The van der Waals surface area contributed by atoms with Crippen LogP contribution in [0.15, 0.2) is 0 Å². The van der Waals surface area contributed by atoms with Gasteiger partial charge in [0, 0.05) is 0 Å². The lowest BCUT2D eigenvalue weighted by Crippen LogP contribution is -2.31. The Kier molecular flexibility index (Phi) is 6.53. The summed E-state index contributed by atoms with van der Waals surface area (Å²) in [4.78, 5) is 21.7. The second kappa shape index (κ2) is 6.97. The fraction of sp³-hybridized carbons (Fsp3) is 0.750. The highest BCUT2D eigenvalue weighted by molar-refractivity contribution is 7.89. The molecule has 0 saturated heterocycles. The fourth-order valence-corrected chi connectivity index (χ4v) is 3.26. The first-order valence-electron chi connectivity index (χ1n) is 5.28. The van der Waals surface area contributed by atoms with E-state index in [4.69, 9.17) is 20.5 Å². The van der Waals surface area contributed by atoms with Crippen molar-refractivity contribution in [1.29, 1.82) is 0 Å². The summed E-state index contributed by atoms with van der Waals surface area (Å²) in [6, 6.07) is 0. The molecule has 10 nitrogen and oxygen atoms in total. The van der Waals surface area contributed by atoms with Gasteiger partial charge in [0.05, 0.1) is 23.3 Å². The third kappa shape index (κ3) is 8.79. The summed E-state index contributed by atoms with van der Waals surface area (Å²) in [5.74, 6) is -7.45. The van der Waals surface area contributed by atoms with Gasteiger partial charge in [-0.05, 0) is 12.8 Å². The van der Waals surface area contributed by atoms with Crippen molar-refractivity contribution in [1.82, 2.24) is 0 Å². The lowest BCUT2D eigenvalue weighted by molar-refractivity contribution is -0.144. The highest BCUT2D eigenvalue weighted by Gasteiger charge is 2.28. The summed E-state index contributed by atoms with van der Waals surface area (Å²) < 4.78 is 43.3. The van der Waals surface area contributed by atoms with Crippen LogP contribution in [0.2, 0.25) is 0 Å². The van der Waals surface area contributed by atoms with Crippen LogP contribution in [0, 0.1) is 11.8 Å². The molecule has 0 rings (SSSR count). The lowest BCUT2D eigenvalue weighted by Gasteiger charge is -2.14. The maximum absolute atomic E-state index is 10.8. The van der Waals surface area contributed by atoms with E-state index in [1.165, 1.54) is 0 Å². The number of carbonyl (C=O) groups is 2. The van der Waals surface area contributed by atoms with Crippen LogP contribution in [0.5, 0.6) is 0 Å². The van der Waals surface area contributed by atoms with E-state index in [2.05, 4.69) is 0 Å². The molecule has 2 unspecified atom stereocenters. The second-order valence-electron chi connectivity index (χ2n) is 4.31. The number of aliphatic carboxylic acids is 2. The van der Waals surface area contributed by atoms with Crippen LogP contribution < -0.4 is 10.3 Å². The highest BCUT2D eigenvalue weighted by Crippen LogP contribution is 2.16. The molecule has 12 heteroatoms. The molecule has 0 aromatic rings. The molecule has 20 heavy (non-hydrogen) atoms. The molecule has 0 spiro atoms. The van der Waals surface area contributed by atoms with Crippen LogP contribution in [0.3, 0.4) is 0 Å². The first-order chi connectivity index (χ1) is 8.82. The van der Waals surface area contributed by atoms with Crippen molar-refractivity contribution in [3.63, 3.8) is 0 Å². The molecule has 0 heterocycles. The minimum Gasteiger partial charge on any atom is -0.481 e. The van der Waals surface area contributed by atoms with Gasteiger partial charge in [-0.1, -0.05) is 0 Å². The minimum absolute atomic E-state index is 0.349. The van der Waals surface area contributed by atoms with Gasteiger partial charge in [-0.25, -0.2) is 27.1 Å². The molecule has 0 fully saturated rings. The van der Waals surface area contributed by atoms with E-state index in [9.17, 15) is 26.4 Å². The average Bonchev–Trinajstić information content (AvgIpc) is 2.18. The molecule has 0 aromatic carbocycles. The maximum Gasteiger partial charge on any atom is 0.307 e. The van der Waals surface area contributed by atoms with Crippen molar-refractivity contribution in [2.45, 2.75) is 12.8 Å². The third-order valence-electron chi connectivity index (χ3n) is 2.43. The Labute approximate surface area is 115 Å². The standard InChI is InChI=1S/C8H16N2O8S2/c9-19(15,16)3-5(7(11)12)1-2-6(8(13)14)4-20(10,17)18/h5-6H,1-4H2,(H,11,12)(H,13,14)(H2,9,15,16)(H2,10,17,18). The monoisotopic (exact) mass is 332 g/mol. The smallest absolute Gasteiger partial charge is 0.307 e. The van der Waals surface area contributed by atoms with E-state index in [0.29, 0.717) is 0 Å². The highest BCUT2D eigenvalue weighted by atomic mass is 32.2. The van der Waals surface area contributed by atoms with Crippen molar-refractivity contribution in [3.8, 4) is 0 Å². The molecular formula is C8H16N2O8S2. The zero-order valence-electron chi connectivity index (χ0n) is 10.3. The molecule has 0 bridgehead atoms. The van der Waals surface area contributed by atoms with E-state index in [-0.39, 0.29) is 12.8 Å². The van der Waals surface area contributed by atoms with Crippen LogP contribution >= 0.6 is 0 Å². The predicted octanol–water partition coefficient (Wildman–Crippen LogP) is -2.25. The molecule has 0 aliphatic heterocycles. The van der Waals surface area contributed by atoms with Crippen molar-refractivity contribution in [3.05, 3.63) is 0 Å². The normalized spacial score (nSPS) is 15.5. The number of primary sulfonamides is 2. The second-order valence-corrected chi connectivity index (χ2v) is 7.62.